The Morgan fingerprint density at radius 3 is 2.27 bits per heavy atom. The normalized spacial score (nSPS) is 20.1. The van der Waals surface area contributed by atoms with E-state index in [1.807, 2.05) is 6.07 Å². The number of carbonyl (C=O) groups excluding carboxylic acids is 1. The van der Waals surface area contributed by atoms with Crippen LogP contribution < -0.4 is 9.47 Å². The monoisotopic (exact) mass is 501 g/mol. The largest absolute Gasteiger partial charge is 0.497 e. The number of carbonyl (C=O) groups is 1. The average Bonchev–Trinajstić information content (AvgIpc) is 3.00. The zero-order chi connectivity index (χ0) is 26.3. The van der Waals surface area contributed by atoms with Gasteiger partial charge in [0.05, 0.1) is 26.3 Å². The summed E-state index contributed by atoms with van der Waals surface area (Å²) in [4.78, 5) is 20.5. The first kappa shape index (κ1) is 25.4. The van der Waals surface area contributed by atoms with Gasteiger partial charge in [0.25, 0.3) is 0 Å². The van der Waals surface area contributed by atoms with Crippen molar-refractivity contribution in [1.82, 2.24) is 14.7 Å². The van der Waals surface area contributed by atoms with Crippen LogP contribution in [0.3, 0.4) is 0 Å². The van der Waals surface area contributed by atoms with Crippen molar-refractivity contribution in [2.75, 3.05) is 33.9 Å². The summed E-state index contributed by atoms with van der Waals surface area (Å²) >= 11 is 0. The zero-order valence-corrected chi connectivity index (χ0v) is 23.1. The van der Waals surface area contributed by atoms with Crippen LogP contribution >= 0.6 is 0 Å². The first-order valence-corrected chi connectivity index (χ1v) is 13.4. The number of fused-ring (bicyclic) bond motifs is 3. The molecule has 2 aromatic carbocycles. The quantitative estimate of drug-likeness (QED) is 0.511. The smallest absolute Gasteiger partial charge is 0.325 e. The molecule has 2 aromatic rings. The molecule has 0 N–H and O–H groups in total. The number of likely N-dealkylation sites (tertiary alicyclic amines) is 1. The number of urea groups is 1. The highest BCUT2D eigenvalue weighted by molar-refractivity contribution is 5.88. The second-order valence-electron chi connectivity index (χ2n) is 10.5. The fourth-order valence-electron chi connectivity index (χ4n) is 6.66. The number of allylic oxidation sites excluding steroid dienone is 3. The van der Waals surface area contributed by atoms with Crippen LogP contribution in [0.25, 0.3) is 5.57 Å². The summed E-state index contributed by atoms with van der Waals surface area (Å²) in [5.41, 5.74) is 8.34. The Bertz CT molecular complexity index is 1250. The molecule has 0 saturated carbocycles. The highest BCUT2D eigenvalue weighted by Crippen LogP contribution is 2.47. The molecule has 0 atom stereocenters. The van der Waals surface area contributed by atoms with Gasteiger partial charge in [0.1, 0.15) is 11.5 Å². The average molecular weight is 502 g/mol. The van der Waals surface area contributed by atoms with E-state index in [4.69, 9.17) is 9.47 Å². The molecule has 37 heavy (non-hydrogen) atoms. The van der Waals surface area contributed by atoms with E-state index in [1.165, 1.54) is 39.1 Å². The molecule has 0 bridgehead atoms. The lowest BCUT2D eigenvalue weighted by Crippen LogP contribution is -2.53. The SMILES string of the molecule is C/C=C1\C=C2N(Cc3cc(C)cc(C)c31)C(=O)N(CC)C21CCN(Cc2cc(OC)cc(OC)c2)CC1. The molecule has 6 nitrogen and oxygen atoms in total. The van der Waals surface area contributed by atoms with E-state index >= 15 is 0 Å². The number of methoxy groups -OCH3 is 2. The fourth-order valence-corrected chi connectivity index (χ4v) is 6.66. The number of nitrogens with zero attached hydrogens (tertiary/aromatic N) is 3. The Kier molecular flexibility index (Phi) is 6.80. The van der Waals surface area contributed by atoms with E-state index in [9.17, 15) is 4.79 Å². The highest BCUT2D eigenvalue weighted by Gasteiger charge is 2.54. The molecule has 3 aliphatic heterocycles. The summed E-state index contributed by atoms with van der Waals surface area (Å²) in [6.07, 6.45) is 6.35. The summed E-state index contributed by atoms with van der Waals surface area (Å²) in [7, 11) is 3.37. The van der Waals surface area contributed by atoms with Crippen LogP contribution in [0.15, 0.2) is 48.2 Å². The molecule has 196 valence electrons. The zero-order valence-electron chi connectivity index (χ0n) is 23.1. The topological polar surface area (TPSA) is 45.3 Å². The molecule has 0 aliphatic carbocycles. The first-order valence-electron chi connectivity index (χ1n) is 13.4. The maximum absolute atomic E-state index is 13.8. The van der Waals surface area contributed by atoms with Crippen LogP contribution in [0.4, 0.5) is 4.79 Å². The van der Waals surface area contributed by atoms with Crippen molar-refractivity contribution >= 4 is 11.6 Å². The Labute approximate surface area is 221 Å². The number of hydrogen-bond acceptors (Lipinski definition) is 4. The predicted molar refractivity (Wildman–Crippen MR) is 148 cm³/mol. The van der Waals surface area contributed by atoms with Gasteiger partial charge in [-0.1, -0.05) is 23.8 Å². The number of amides is 2. The first-order chi connectivity index (χ1) is 17.8. The van der Waals surface area contributed by atoms with Crippen LogP contribution in [0.1, 0.15) is 54.5 Å². The molecular weight excluding hydrogens is 462 g/mol. The van der Waals surface area contributed by atoms with E-state index in [0.717, 1.165) is 44.0 Å². The summed E-state index contributed by atoms with van der Waals surface area (Å²) < 4.78 is 11.0. The van der Waals surface area contributed by atoms with Crippen molar-refractivity contribution in [2.24, 2.45) is 0 Å². The molecule has 0 unspecified atom stereocenters. The van der Waals surface area contributed by atoms with E-state index < -0.39 is 0 Å². The van der Waals surface area contributed by atoms with Gasteiger partial charge in [-0.15, -0.1) is 0 Å². The van der Waals surface area contributed by atoms with Gasteiger partial charge in [0, 0.05) is 37.9 Å². The van der Waals surface area contributed by atoms with Gasteiger partial charge < -0.3 is 14.4 Å². The molecule has 2 saturated heterocycles. The number of ether oxygens (including phenoxy) is 2. The van der Waals surface area contributed by atoms with Gasteiger partial charge in [-0.05, 0) is 86.6 Å². The van der Waals surface area contributed by atoms with Crippen molar-refractivity contribution in [3.8, 4) is 11.5 Å². The summed E-state index contributed by atoms with van der Waals surface area (Å²) in [6, 6.07) is 10.7. The number of hydrogen-bond donors (Lipinski definition) is 0. The number of piperidine rings is 1. The summed E-state index contributed by atoms with van der Waals surface area (Å²) in [5.74, 6) is 1.62. The van der Waals surface area contributed by atoms with Gasteiger partial charge in [-0.2, -0.15) is 0 Å². The molecule has 2 amide bonds. The van der Waals surface area contributed by atoms with Crippen LogP contribution in [0.2, 0.25) is 0 Å². The summed E-state index contributed by atoms with van der Waals surface area (Å²) in [6.45, 7) is 12.6. The third-order valence-electron chi connectivity index (χ3n) is 8.34. The number of aryl methyl sites for hydroxylation is 2. The standard InChI is InChI=1S/C31H39N3O3/c1-7-24-17-28-31(9-11-32(12-10-31)19-23-15-26(36-5)18-27(16-23)37-6)34(8-2)30(35)33(28)20-25-14-21(3)13-22(4)29(24)25/h7,13-18H,8-12,19-20H2,1-6H3/b24-7+. The maximum Gasteiger partial charge on any atom is 0.325 e. The molecule has 2 fully saturated rings. The minimum atomic E-state index is -0.270. The molecular formula is C31H39N3O3. The van der Waals surface area contributed by atoms with Crippen LogP contribution in [0, 0.1) is 13.8 Å². The highest BCUT2D eigenvalue weighted by atomic mass is 16.5. The lowest BCUT2D eigenvalue weighted by molar-refractivity contribution is 0.0890. The summed E-state index contributed by atoms with van der Waals surface area (Å²) in [5, 5.41) is 0. The Morgan fingerprint density at radius 1 is 1.00 bits per heavy atom. The molecule has 3 aliphatic rings. The molecule has 1 spiro atoms. The van der Waals surface area contributed by atoms with Crippen LogP contribution in [-0.2, 0) is 13.1 Å². The van der Waals surface area contributed by atoms with E-state index in [2.05, 4.69) is 78.8 Å². The Balaban J connectivity index is 1.45. The molecule has 6 heteroatoms. The van der Waals surface area contributed by atoms with Crippen molar-refractivity contribution < 1.29 is 14.3 Å². The van der Waals surface area contributed by atoms with Crippen molar-refractivity contribution in [3.63, 3.8) is 0 Å². The third-order valence-corrected chi connectivity index (χ3v) is 8.34. The number of benzene rings is 2. The second-order valence-corrected chi connectivity index (χ2v) is 10.5. The maximum atomic E-state index is 13.8. The van der Waals surface area contributed by atoms with Crippen molar-refractivity contribution in [1.29, 1.82) is 0 Å². The lowest BCUT2D eigenvalue weighted by Gasteiger charge is -2.44. The van der Waals surface area contributed by atoms with E-state index in [0.29, 0.717) is 13.1 Å². The molecule has 0 aromatic heterocycles. The van der Waals surface area contributed by atoms with Crippen LogP contribution in [-0.4, -0.2) is 60.1 Å². The number of rotatable bonds is 5. The third kappa shape index (κ3) is 4.31. The number of likely N-dealkylation sites (N-methyl/N-ethyl adjacent to an activating group) is 1. The van der Waals surface area contributed by atoms with Gasteiger partial charge in [0.15, 0.2) is 0 Å². The van der Waals surface area contributed by atoms with Crippen molar-refractivity contribution in [2.45, 2.75) is 59.2 Å². The predicted octanol–water partition coefficient (Wildman–Crippen LogP) is 5.91. The molecule has 5 rings (SSSR count). The lowest BCUT2D eigenvalue weighted by atomic mass is 9.82. The molecule has 0 radical (unpaired) electrons. The van der Waals surface area contributed by atoms with E-state index in [-0.39, 0.29) is 11.6 Å². The van der Waals surface area contributed by atoms with Gasteiger partial charge in [-0.25, -0.2) is 4.79 Å². The Morgan fingerprint density at radius 2 is 1.68 bits per heavy atom. The van der Waals surface area contributed by atoms with Gasteiger partial charge >= 0.3 is 6.03 Å². The van der Waals surface area contributed by atoms with Crippen LogP contribution in [0.5, 0.6) is 11.5 Å². The minimum absolute atomic E-state index is 0.141. The Hall–Kier alpha value is -3.25. The molecule has 3 heterocycles. The van der Waals surface area contributed by atoms with E-state index in [1.54, 1.807) is 14.2 Å². The second kappa shape index (κ2) is 9.90. The van der Waals surface area contributed by atoms with Gasteiger partial charge in [0.2, 0.25) is 0 Å². The fraction of sp³-hybridized carbons (Fsp3) is 0.452. The van der Waals surface area contributed by atoms with Gasteiger partial charge in [-0.3, -0.25) is 9.80 Å². The van der Waals surface area contributed by atoms with Crippen molar-refractivity contribution in [3.05, 3.63) is 76.0 Å². The minimum Gasteiger partial charge on any atom is -0.497 e.